The zero-order valence-corrected chi connectivity index (χ0v) is 11.3. The van der Waals surface area contributed by atoms with E-state index in [1.807, 2.05) is 0 Å². The molecule has 18 heavy (non-hydrogen) atoms. The highest BCUT2D eigenvalue weighted by molar-refractivity contribution is 7.90. The molecule has 0 aliphatic carbocycles. The molecule has 0 aliphatic rings. The minimum Gasteiger partial charge on any atom is -0.481 e. The Labute approximate surface area is 107 Å². The molecule has 0 aromatic heterocycles. The summed E-state index contributed by atoms with van der Waals surface area (Å²) in [5.74, 6) is -2.84. The first-order valence-electron chi connectivity index (χ1n) is 5.65. The molecule has 0 rings (SSSR count). The van der Waals surface area contributed by atoms with Gasteiger partial charge in [0.1, 0.15) is 0 Å². The van der Waals surface area contributed by atoms with Gasteiger partial charge < -0.3 is 9.84 Å². The number of carbonyl (C=O) groups excluding carboxylic acids is 1. The van der Waals surface area contributed by atoms with Gasteiger partial charge in [-0.05, 0) is 12.8 Å². The van der Waals surface area contributed by atoms with Crippen LogP contribution in [0.2, 0.25) is 0 Å². The molecule has 0 heterocycles. The molecule has 0 radical (unpaired) electrons. The highest BCUT2D eigenvalue weighted by atomic mass is 32.2. The van der Waals surface area contributed by atoms with Crippen molar-refractivity contribution in [3.05, 3.63) is 0 Å². The van der Waals surface area contributed by atoms with E-state index in [0.29, 0.717) is 6.42 Å². The molecule has 0 bridgehead atoms. The van der Waals surface area contributed by atoms with Crippen molar-refractivity contribution in [2.24, 2.45) is 5.92 Å². The van der Waals surface area contributed by atoms with Gasteiger partial charge in [0.15, 0.2) is 5.75 Å². The lowest BCUT2D eigenvalue weighted by Crippen LogP contribution is -2.34. The third kappa shape index (κ3) is 8.02. The van der Waals surface area contributed by atoms with Crippen LogP contribution in [0.25, 0.3) is 0 Å². The summed E-state index contributed by atoms with van der Waals surface area (Å²) in [6.07, 6.45) is 0.423. The first kappa shape index (κ1) is 16.9. The summed E-state index contributed by atoms with van der Waals surface area (Å²) < 4.78 is 29.7. The smallest absolute Gasteiger partial charge is 0.322 e. The van der Waals surface area contributed by atoms with Crippen molar-refractivity contribution < 1.29 is 27.9 Å². The Morgan fingerprint density at radius 1 is 1.33 bits per heavy atom. The van der Waals surface area contributed by atoms with E-state index < -0.39 is 27.7 Å². The van der Waals surface area contributed by atoms with Crippen molar-refractivity contribution in [1.82, 2.24) is 4.72 Å². The minimum atomic E-state index is -3.76. The number of carboxylic acids is 1. The summed E-state index contributed by atoms with van der Waals surface area (Å²) in [5, 5.41) is 8.61. The number of esters is 1. The topological polar surface area (TPSA) is 110 Å². The first-order chi connectivity index (χ1) is 8.30. The number of hydrogen-bond acceptors (Lipinski definition) is 5. The Morgan fingerprint density at radius 3 is 2.39 bits per heavy atom. The van der Waals surface area contributed by atoms with E-state index >= 15 is 0 Å². The van der Waals surface area contributed by atoms with Crippen LogP contribution in [0.4, 0.5) is 0 Å². The van der Waals surface area contributed by atoms with Crippen molar-refractivity contribution in [3.63, 3.8) is 0 Å². The third-order valence-electron chi connectivity index (χ3n) is 2.25. The van der Waals surface area contributed by atoms with Gasteiger partial charge >= 0.3 is 11.9 Å². The van der Waals surface area contributed by atoms with Crippen LogP contribution in [0.5, 0.6) is 0 Å². The second-order valence-electron chi connectivity index (χ2n) is 3.78. The van der Waals surface area contributed by atoms with Gasteiger partial charge in [0.25, 0.3) is 0 Å². The summed E-state index contributed by atoms with van der Waals surface area (Å²) in [5.41, 5.74) is 0. The second-order valence-corrected chi connectivity index (χ2v) is 5.59. The van der Waals surface area contributed by atoms with Gasteiger partial charge in [-0.15, -0.1) is 0 Å². The molecule has 0 amide bonds. The zero-order valence-electron chi connectivity index (χ0n) is 10.5. The standard InChI is InChI=1S/C10H19NO6S/c1-3-8(5-9(12)13)6-11-18(15,16)7-10(14)17-4-2/h8,11H,3-7H2,1-2H3,(H,12,13). The van der Waals surface area contributed by atoms with Crippen LogP contribution in [-0.2, 0) is 24.3 Å². The highest BCUT2D eigenvalue weighted by Crippen LogP contribution is 2.07. The van der Waals surface area contributed by atoms with Crippen molar-refractivity contribution in [2.45, 2.75) is 26.7 Å². The van der Waals surface area contributed by atoms with Gasteiger partial charge in [0, 0.05) is 13.0 Å². The largest absolute Gasteiger partial charge is 0.481 e. The number of carbonyl (C=O) groups is 2. The molecule has 0 aliphatic heterocycles. The molecule has 0 fully saturated rings. The molecule has 2 N–H and O–H groups in total. The summed E-state index contributed by atoms with van der Waals surface area (Å²) in [4.78, 5) is 21.5. The van der Waals surface area contributed by atoms with Crippen LogP contribution < -0.4 is 4.72 Å². The van der Waals surface area contributed by atoms with Crippen LogP contribution in [0.1, 0.15) is 26.7 Å². The normalized spacial score (nSPS) is 13.0. The fourth-order valence-electron chi connectivity index (χ4n) is 1.26. The maximum atomic E-state index is 11.5. The quantitative estimate of drug-likeness (QED) is 0.574. The fraction of sp³-hybridized carbons (Fsp3) is 0.800. The summed E-state index contributed by atoms with van der Waals surface area (Å²) >= 11 is 0. The lowest BCUT2D eigenvalue weighted by atomic mass is 10.0. The summed E-state index contributed by atoms with van der Waals surface area (Å²) in [6, 6.07) is 0. The van der Waals surface area contributed by atoms with Gasteiger partial charge in [0.2, 0.25) is 10.0 Å². The van der Waals surface area contributed by atoms with E-state index in [4.69, 9.17) is 5.11 Å². The highest BCUT2D eigenvalue weighted by Gasteiger charge is 2.19. The van der Waals surface area contributed by atoms with E-state index in [1.165, 1.54) is 0 Å². The van der Waals surface area contributed by atoms with E-state index in [2.05, 4.69) is 9.46 Å². The lowest BCUT2D eigenvalue weighted by Gasteiger charge is -2.13. The molecule has 0 aromatic rings. The summed E-state index contributed by atoms with van der Waals surface area (Å²) in [6.45, 7) is 3.47. The Morgan fingerprint density at radius 2 is 1.94 bits per heavy atom. The number of ether oxygens (including phenoxy) is 1. The SMILES string of the molecule is CCOC(=O)CS(=O)(=O)NCC(CC)CC(=O)O. The fourth-order valence-corrected chi connectivity index (χ4v) is 2.25. The number of carboxylic acid groups (broad SMARTS) is 1. The molecule has 0 saturated heterocycles. The lowest BCUT2D eigenvalue weighted by molar-refractivity contribution is -0.140. The predicted octanol–water partition coefficient (Wildman–Crippen LogP) is -0.0302. The number of hydrogen-bond donors (Lipinski definition) is 2. The predicted molar refractivity (Wildman–Crippen MR) is 64.5 cm³/mol. The van der Waals surface area contributed by atoms with Crippen LogP contribution in [0, 0.1) is 5.92 Å². The molecule has 0 aromatic carbocycles. The van der Waals surface area contributed by atoms with E-state index in [0.717, 1.165) is 0 Å². The number of rotatable bonds is 9. The molecular formula is C10H19NO6S. The second kappa shape index (κ2) is 8.04. The maximum Gasteiger partial charge on any atom is 0.322 e. The van der Waals surface area contributed by atoms with Crippen molar-refractivity contribution in [1.29, 1.82) is 0 Å². The number of sulfonamides is 1. The van der Waals surface area contributed by atoms with E-state index in [1.54, 1.807) is 13.8 Å². The Bertz CT molecular complexity index is 378. The van der Waals surface area contributed by atoms with Gasteiger partial charge in [-0.3, -0.25) is 9.59 Å². The van der Waals surface area contributed by atoms with Crippen molar-refractivity contribution in [2.75, 3.05) is 18.9 Å². The number of nitrogens with one attached hydrogen (secondary N) is 1. The summed E-state index contributed by atoms with van der Waals surface area (Å²) in [7, 11) is -3.76. The Kier molecular flexibility index (Phi) is 7.53. The Balaban J connectivity index is 4.24. The van der Waals surface area contributed by atoms with Crippen LogP contribution >= 0.6 is 0 Å². The van der Waals surface area contributed by atoms with Gasteiger partial charge in [-0.1, -0.05) is 13.3 Å². The van der Waals surface area contributed by atoms with Gasteiger partial charge in [-0.25, -0.2) is 13.1 Å². The average molecular weight is 281 g/mol. The average Bonchev–Trinajstić information content (AvgIpc) is 2.23. The zero-order chi connectivity index (χ0) is 14.2. The van der Waals surface area contributed by atoms with E-state index in [-0.39, 0.29) is 25.5 Å². The number of aliphatic carboxylic acids is 1. The monoisotopic (exact) mass is 281 g/mol. The molecular weight excluding hydrogens is 262 g/mol. The van der Waals surface area contributed by atoms with Crippen LogP contribution in [-0.4, -0.2) is 44.4 Å². The molecule has 8 heteroatoms. The molecule has 7 nitrogen and oxygen atoms in total. The first-order valence-corrected chi connectivity index (χ1v) is 7.30. The van der Waals surface area contributed by atoms with Crippen molar-refractivity contribution >= 4 is 22.0 Å². The minimum absolute atomic E-state index is 0.00450. The van der Waals surface area contributed by atoms with Gasteiger partial charge in [-0.2, -0.15) is 0 Å². The van der Waals surface area contributed by atoms with Crippen LogP contribution in [0.3, 0.4) is 0 Å². The molecule has 0 saturated carbocycles. The molecule has 106 valence electrons. The van der Waals surface area contributed by atoms with Crippen molar-refractivity contribution in [3.8, 4) is 0 Å². The van der Waals surface area contributed by atoms with Gasteiger partial charge in [0.05, 0.1) is 6.61 Å². The molecule has 1 atom stereocenters. The molecule has 1 unspecified atom stereocenters. The molecule has 0 spiro atoms. The third-order valence-corrected chi connectivity index (χ3v) is 3.47. The van der Waals surface area contributed by atoms with Crippen LogP contribution in [0.15, 0.2) is 0 Å². The maximum absolute atomic E-state index is 11.5. The Hall–Kier alpha value is -1.15. The van der Waals surface area contributed by atoms with E-state index in [9.17, 15) is 18.0 Å².